The number of nitrogens with one attached hydrogen (secondary N) is 2. The minimum Gasteiger partial charge on any atom is -0.394 e. The number of benzene rings is 1. The molecule has 5 nitrogen and oxygen atoms in total. The largest absolute Gasteiger partial charge is 0.394 e. The van der Waals surface area contributed by atoms with Crippen molar-refractivity contribution in [2.24, 2.45) is 0 Å². The Morgan fingerprint density at radius 3 is 2.26 bits per heavy atom. The quantitative estimate of drug-likeness (QED) is 0.753. The van der Waals surface area contributed by atoms with Crippen LogP contribution in [0.15, 0.2) is 24.3 Å². The Morgan fingerprint density at radius 2 is 1.74 bits per heavy atom. The number of hydrogen-bond donors (Lipinski definition) is 3. The van der Waals surface area contributed by atoms with Crippen LogP contribution in [0.3, 0.4) is 0 Å². The Kier molecular flexibility index (Phi) is 6.28. The van der Waals surface area contributed by atoms with Crippen LogP contribution in [0.1, 0.15) is 46.0 Å². The second-order valence-corrected chi connectivity index (χ2v) is 6.32. The van der Waals surface area contributed by atoms with Gasteiger partial charge in [0.2, 0.25) is 0 Å². The van der Waals surface area contributed by atoms with E-state index < -0.39 is 5.54 Å². The average molecular weight is 319 g/mol. The summed E-state index contributed by atoms with van der Waals surface area (Å²) < 4.78 is 0. The van der Waals surface area contributed by atoms with Crippen LogP contribution in [0, 0.1) is 0 Å². The van der Waals surface area contributed by atoms with E-state index in [0.29, 0.717) is 12.8 Å². The number of nitrogens with zero attached hydrogens (tertiary/aromatic N) is 1. The predicted octanol–water partition coefficient (Wildman–Crippen LogP) is 3.35. The first-order valence-corrected chi connectivity index (χ1v) is 8.67. The van der Waals surface area contributed by atoms with Crippen LogP contribution in [-0.4, -0.2) is 36.4 Å². The van der Waals surface area contributed by atoms with Crippen molar-refractivity contribution in [2.75, 3.05) is 29.9 Å². The molecule has 2 rings (SSSR count). The lowest BCUT2D eigenvalue weighted by molar-refractivity contribution is 0.155. The Bertz CT molecular complexity index is 483. The number of aliphatic hydroxyl groups is 1. The second-order valence-electron chi connectivity index (χ2n) is 6.32. The van der Waals surface area contributed by atoms with Crippen LogP contribution in [0.2, 0.25) is 0 Å². The number of anilines is 2. The number of piperidine rings is 1. The number of hydrogen-bond acceptors (Lipinski definition) is 3. The SMILES string of the molecule is CCC(CC)(CO)NC(=O)Nc1ccc(N2CCCCC2)cc1. The summed E-state index contributed by atoms with van der Waals surface area (Å²) in [4.78, 5) is 14.5. The van der Waals surface area contributed by atoms with E-state index in [0.717, 1.165) is 18.8 Å². The smallest absolute Gasteiger partial charge is 0.319 e. The first-order chi connectivity index (χ1) is 11.1. The van der Waals surface area contributed by atoms with Crippen LogP contribution < -0.4 is 15.5 Å². The summed E-state index contributed by atoms with van der Waals surface area (Å²) in [6, 6.07) is 7.71. The third-order valence-electron chi connectivity index (χ3n) is 4.88. The minimum absolute atomic E-state index is 0.0542. The monoisotopic (exact) mass is 319 g/mol. The van der Waals surface area contributed by atoms with Crippen molar-refractivity contribution in [3.05, 3.63) is 24.3 Å². The number of carbonyl (C=O) groups excluding carboxylic acids is 1. The predicted molar refractivity (Wildman–Crippen MR) is 95.1 cm³/mol. The molecule has 0 radical (unpaired) electrons. The van der Waals surface area contributed by atoms with Crippen molar-refractivity contribution < 1.29 is 9.90 Å². The molecule has 0 aromatic heterocycles. The van der Waals surface area contributed by atoms with E-state index in [9.17, 15) is 9.90 Å². The molecule has 0 bridgehead atoms. The first kappa shape index (κ1) is 17.6. The Morgan fingerprint density at radius 1 is 1.13 bits per heavy atom. The van der Waals surface area contributed by atoms with Crippen LogP contribution in [0.5, 0.6) is 0 Å². The van der Waals surface area contributed by atoms with Crippen molar-refractivity contribution in [1.29, 1.82) is 0 Å². The number of amides is 2. The topological polar surface area (TPSA) is 64.6 Å². The molecule has 5 heteroatoms. The highest BCUT2D eigenvalue weighted by Crippen LogP contribution is 2.22. The van der Waals surface area contributed by atoms with Crippen LogP contribution in [0.4, 0.5) is 16.2 Å². The lowest BCUT2D eigenvalue weighted by Gasteiger charge is -2.31. The van der Waals surface area contributed by atoms with Crippen molar-refractivity contribution in [3.63, 3.8) is 0 Å². The fourth-order valence-electron chi connectivity index (χ4n) is 3.00. The van der Waals surface area contributed by atoms with E-state index in [4.69, 9.17) is 0 Å². The van der Waals surface area contributed by atoms with Gasteiger partial charge < -0.3 is 20.6 Å². The molecule has 0 spiro atoms. The molecule has 1 saturated heterocycles. The van der Waals surface area contributed by atoms with Gasteiger partial charge in [-0.1, -0.05) is 13.8 Å². The lowest BCUT2D eigenvalue weighted by atomic mass is 9.94. The fourth-order valence-corrected chi connectivity index (χ4v) is 3.00. The van der Waals surface area contributed by atoms with Gasteiger partial charge in [-0.15, -0.1) is 0 Å². The molecule has 1 aliphatic heterocycles. The van der Waals surface area contributed by atoms with Crippen molar-refractivity contribution in [1.82, 2.24) is 5.32 Å². The first-order valence-electron chi connectivity index (χ1n) is 8.67. The molecule has 0 saturated carbocycles. The number of aliphatic hydroxyl groups excluding tert-OH is 1. The van der Waals surface area contributed by atoms with Gasteiger partial charge in [0.15, 0.2) is 0 Å². The van der Waals surface area contributed by atoms with Crippen LogP contribution >= 0.6 is 0 Å². The van der Waals surface area contributed by atoms with E-state index in [1.54, 1.807) is 0 Å². The summed E-state index contributed by atoms with van der Waals surface area (Å²) in [7, 11) is 0. The molecule has 1 aromatic rings. The molecule has 0 aliphatic carbocycles. The Labute approximate surface area is 139 Å². The maximum absolute atomic E-state index is 12.1. The zero-order valence-electron chi connectivity index (χ0n) is 14.3. The van der Waals surface area contributed by atoms with Crippen molar-refractivity contribution in [3.8, 4) is 0 Å². The molecule has 2 amide bonds. The van der Waals surface area contributed by atoms with Gasteiger partial charge in [0, 0.05) is 24.5 Å². The highest BCUT2D eigenvalue weighted by atomic mass is 16.3. The van der Waals surface area contributed by atoms with Gasteiger partial charge in [-0.05, 0) is 56.4 Å². The number of urea groups is 1. The third kappa shape index (κ3) is 4.61. The molecule has 1 fully saturated rings. The number of carbonyl (C=O) groups is 1. The van der Waals surface area contributed by atoms with Crippen molar-refractivity contribution in [2.45, 2.75) is 51.5 Å². The molecule has 128 valence electrons. The number of rotatable bonds is 6. The average Bonchev–Trinajstić information content (AvgIpc) is 2.61. The van der Waals surface area contributed by atoms with Gasteiger partial charge in [-0.2, -0.15) is 0 Å². The van der Waals surface area contributed by atoms with Gasteiger partial charge in [-0.25, -0.2) is 4.79 Å². The summed E-state index contributed by atoms with van der Waals surface area (Å²) in [5.74, 6) is 0. The van der Waals surface area contributed by atoms with E-state index in [-0.39, 0.29) is 12.6 Å². The molecule has 0 atom stereocenters. The highest BCUT2D eigenvalue weighted by Gasteiger charge is 2.27. The zero-order chi connectivity index (χ0) is 16.7. The molecular weight excluding hydrogens is 290 g/mol. The third-order valence-corrected chi connectivity index (χ3v) is 4.88. The maximum atomic E-state index is 12.1. The maximum Gasteiger partial charge on any atom is 0.319 e. The molecule has 1 heterocycles. The molecule has 23 heavy (non-hydrogen) atoms. The van der Waals surface area contributed by atoms with Gasteiger partial charge in [0.1, 0.15) is 0 Å². The van der Waals surface area contributed by atoms with Crippen molar-refractivity contribution >= 4 is 17.4 Å². The van der Waals surface area contributed by atoms with E-state index in [1.807, 2.05) is 26.0 Å². The van der Waals surface area contributed by atoms with Gasteiger partial charge in [0.05, 0.1) is 12.1 Å². The minimum atomic E-state index is -0.544. The van der Waals surface area contributed by atoms with Gasteiger partial charge in [0.25, 0.3) is 0 Å². The second kappa shape index (κ2) is 8.20. The molecular formula is C18H29N3O2. The zero-order valence-corrected chi connectivity index (χ0v) is 14.3. The Balaban J connectivity index is 1.93. The normalized spacial score (nSPS) is 15.3. The Hall–Kier alpha value is -1.75. The van der Waals surface area contributed by atoms with E-state index >= 15 is 0 Å². The summed E-state index contributed by atoms with van der Waals surface area (Å²) >= 11 is 0. The molecule has 0 unspecified atom stereocenters. The molecule has 1 aromatic carbocycles. The molecule has 1 aliphatic rings. The lowest BCUT2D eigenvalue weighted by Crippen LogP contribution is -2.52. The fraction of sp³-hybridized carbons (Fsp3) is 0.611. The summed E-state index contributed by atoms with van der Waals surface area (Å²) in [5.41, 5.74) is 1.43. The summed E-state index contributed by atoms with van der Waals surface area (Å²) in [6.07, 6.45) is 5.21. The van der Waals surface area contributed by atoms with Crippen LogP contribution in [0.25, 0.3) is 0 Å². The van der Waals surface area contributed by atoms with E-state index in [1.165, 1.54) is 24.9 Å². The summed E-state index contributed by atoms with van der Waals surface area (Å²) in [6.45, 7) is 6.10. The standard InChI is InChI=1S/C18H29N3O2/c1-3-18(4-2,14-22)20-17(23)19-15-8-10-16(11-9-15)21-12-6-5-7-13-21/h8-11,22H,3-7,12-14H2,1-2H3,(H2,19,20,23). The summed E-state index contributed by atoms with van der Waals surface area (Å²) in [5, 5.41) is 15.3. The van der Waals surface area contributed by atoms with Crippen LogP contribution in [-0.2, 0) is 0 Å². The van der Waals surface area contributed by atoms with Gasteiger partial charge >= 0.3 is 6.03 Å². The van der Waals surface area contributed by atoms with Gasteiger partial charge in [-0.3, -0.25) is 0 Å². The highest BCUT2D eigenvalue weighted by molar-refractivity contribution is 5.90. The van der Waals surface area contributed by atoms with E-state index in [2.05, 4.69) is 27.7 Å². The molecule has 3 N–H and O–H groups in total.